The zero-order valence-corrected chi connectivity index (χ0v) is 14.5. The van der Waals surface area contributed by atoms with E-state index in [1.165, 1.54) is 24.3 Å². The highest BCUT2D eigenvalue weighted by Gasteiger charge is 2.41. The molecule has 1 aliphatic rings. The minimum absolute atomic E-state index is 0.0998. The fourth-order valence-corrected chi connectivity index (χ4v) is 3.63. The lowest BCUT2D eigenvalue weighted by atomic mass is 10.1. The van der Waals surface area contributed by atoms with Gasteiger partial charge >= 0.3 is 0 Å². The first-order valence-corrected chi connectivity index (χ1v) is 9.68. The molecule has 7 heteroatoms. The minimum atomic E-state index is -3.69. The van der Waals surface area contributed by atoms with Crippen LogP contribution in [0.25, 0.3) is 11.3 Å². The zero-order valence-electron chi connectivity index (χ0n) is 13.7. The van der Waals surface area contributed by atoms with Gasteiger partial charge in [0.15, 0.2) is 0 Å². The highest BCUT2D eigenvalue weighted by molar-refractivity contribution is 7.89. The van der Waals surface area contributed by atoms with Crippen molar-refractivity contribution < 1.29 is 12.8 Å². The normalized spacial score (nSPS) is 19.3. The van der Waals surface area contributed by atoms with Crippen molar-refractivity contribution in [2.24, 2.45) is 5.14 Å². The van der Waals surface area contributed by atoms with Crippen molar-refractivity contribution in [3.8, 4) is 11.3 Å². The van der Waals surface area contributed by atoms with Crippen LogP contribution in [0.2, 0.25) is 0 Å². The molecule has 0 aliphatic heterocycles. The Hall–Kier alpha value is -2.64. The minimum Gasteiger partial charge on any atom is -0.241 e. The Kier molecular flexibility index (Phi) is 4.05. The predicted octanol–water partition coefficient (Wildman–Crippen LogP) is 3.20. The summed E-state index contributed by atoms with van der Waals surface area (Å²) in [7, 11) is -3.69. The Morgan fingerprint density at radius 3 is 2.50 bits per heavy atom. The second-order valence-corrected chi connectivity index (χ2v) is 7.93. The van der Waals surface area contributed by atoms with Crippen LogP contribution < -0.4 is 5.14 Å². The van der Waals surface area contributed by atoms with Crippen molar-refractivity contribution in [2.45, 2.75) is 23.2 Å². The first kappa shape index (κ1) is 16.8. The molecule has 0 saturated heterocycles. The SMILES string of the molecule is NS(=O)(=O)c1ccc([C@@H]2C[C@H]2c2nccc(-c3cccc(F)c3)n2)cc1. The van der Waals surface area contributed by atoms with E-state index in [0.29, 0.717) is 17.1 Å². The van der Waals surface area contributed by atoms with Gasteiger partial charge in [-0.15, -0.1) is 0 Å². The Morgan fingerprint density at radius 2 is 1.81 bits per heavy atom. The van der Waals surface area contributed by atoms with Crippen LogP contribution in [0.15, 0.2) is 65.7 Å². The smallest absolute Gasteiger partial charge is 0.238 e. The van der Waals surface area contributed by atoms with Gasteiger partial charge in [-0.25, -0.2) is 27.9 Å². The highest BCUT2D eigenvalue weighted by atomic mass is 32.2. The summed E-state index contributed by atoms with van der Waals surface area (Å²) < 4.78 is 36.1. The van der Waals surface area contributed by atoms with Gasteiger partial charge < -0.3 is 0 Å². The summed E-state index contributed by atoms with van der Waals surface area (Å²) >= 11 is 0. The van der Waals surface area contributed by atoms with Gasteiger partial charge in [0.25, 0.3) is 0 Å². The average Bonchev–Trinajstić information content (AvgIpc) is 3.42. The molecule has 0 unspecified atom stereocenters. The van der Waals surface area contributed by atoms with Gasteiger partial charge in [-0.3, -0.25) is 0 Å². The van der Waals surface area contributed by atoms with E-state index in [4.69, 9.17) is 5.14 Å². The first-order valence-electron chi connectivity index (χ1n) is 8.13. The number of sulfonamides is 1. The van der Waals surface area contributed by atoms with Gasteiger partial charge in [-0.2, -0.15) is 0 Å². The molecular weight excluding hydrogens is 353 g/mol. The summed E-state index contributed by atoms with van der Waals surface area (Å²) in [4.78, 5) is 9.05. The molecule has 1 saturated carbocycles. The summed E-state index contributed by atoms with van der Waals surface area (Å²) in [6.45, 7) is 0. The second kappa shape index (κ2) is 6.26. The molecule has 132 valence electrons. The summed E-state index contributed by atoms with van der Waals surface area (Å²) in [5.74, 6) is 0.824. The molecule has 5 nitrogen and oxygen atoms in total. The van der Waals surface area contributed by atoms with E-state index in [-0.39, 0.29) is 22.5 Å². The average molecular weight is 369 g/mol. The molecule has 2 N–H and O–H groups in total. The van der Waals surface area contributed by atoms with E-state index < -0.39 is 10.0 Å². The second-order valence-electron chi connectivity index (χ2n) is 6.37. The lowest BCUT2D eigenvalue weighted by Gasteiger charge is -2.05. The van der Waals surface area contributed by atoms with Gasteiger partial charge in [0, 0.05) is 17.7 Å². The Morgan fingerprint density at radius 1 is 1.04 bits per heavy atom. The molecule has 1 aliphatic carbocycles. The van der Waals surface area contributed by atoms with Crippen molar-refractivity contribution in [3.05, 3.63) is 78.0 Å². The maximum atomic E-state index is 13.4. The number of benzene rings is 2. The number of primary sulfonamides is 1. The van der Waals surface area contributed by atoms with Gasteiger partial charge in [0.05, 0.1) is 10.6 Å². The van der Waals surface area contributed by atoms with Crippen molar-refractivity contribution in [3.63, 3.8) is 0 Å². The van der Waals surface area contributed by atoms with Crippen LogP contribution in [0, 0.1) is 5.82 Å². The van der Waals surface area contributed by atoms with Gasteiger partial charge in [0.1, 0.15) is 11.6 Å². The van der Waals surface area contributed by atoms with Gasteiger partial charge in [0.2, 0.25) is 10.0 Å². The van der Waals surface area contributed by atoms with E-state index in [1.807, 2.05) is 6.07 Å². The molecule has 0 amide bonds. The Labute approximate surface area is 150 Å². The van der Waals surface area contributed by atoms with E-state index in [1.54, 1.807) is 30.5 Å². The van der Waals surface area contributed by atoms with Crippen LogP contribution in [-0.2, 0) is 10.0 Å². The van der Waals surface area contributed by atoms with Crippen LogP contribution in [0.5, 0.6) is 0 Å². The molecule has 26 heavy (non-hydrogen) atoms. The first-order chi connectivity index (χ1) is 12.4. The molecular formula is C19H16FN3O2S. The van der Waals surface area contributed by atoms with Crippen LogP contribution in [0.1, 0.15) is 29.6 Å². The molecule has 2 aromatic carbocycles. The molecule has 1 heterocycles. The van der Waals surface area contributed by atoms with E-state index >= 15 is 0 Å². The topological polar surface area (TPSA) is 85.9 Å². The van der Waals surface area contributed by atoms with Crippen molar-refractivity contribution in [1.29, 1.82) is 0 Å². The summed E-state index contributed by atoms with van der Waals surface area (Å²) in [5.41, 5.74) is 2.43. The number of nitrogens with zero attached hydrogens (tertiary/aromatic N) is 2. The molecule has 2 atom stereocenters. The third-order valence-corrected chi connectivity index (χ3v) is 5.48. The summed E-state index contributed by atoms with van der Waals surface area (Å²) in [6.07, 6.45) is 2.57. The van der Waals surface area contributed by atoms with Crippen LogP contribution in [-0.4, -0.2) is 18.4 Å². The van der Waals surface area contributed by atoms with Gasteiger partial charge in [-0.05, 0) is 48.2 Å². The van der Waals surface area contributed by atoms with Gasteiger partial charge in [-0.1, -0.05) is 24.3 Å². The molecule has 0 bridgehead atoms. The van der Waals surface area contributed by atoms with Crippen LogP contribution >= 0.6 is 0 Å². The molecule has 0 spiro atoms. The largest absolute Gasteiger partial charge is 0.241 e. The van der Waals surface area contributed by atoms with E-state index in [9.17, 15) is 12.8 Å². The number of nitrogens with two attached hydrogens (primary N) is 1. The van der Waals surface area contributed by atoms with E-state index in [2.05, 4.69) is 9.97 Å². The maximum Gasteiger partial charge on any atom is 0.238 e. The highest BCUT2D eigenvalue weighted by Crippen LogP contribution is 2.53. The molecule has 1 aromatic heterocycles. The molecule has 3 aromatic rings. The quantitative estimate of drug-likeness (QED) is 0.765. The number of hydrogen-bond donors (Lipinski definition) is 1. The number of aromatic nitrogens is 2. The summed E-state index contributed by atoms with van der Waals surface area (Å²) in [5, 5.41) is 5.12. The van der Waals surface area contributed by atoms with Crippen molar-refractivity contribution in [1.82, 2.24) is 9.97 Å². The fraction of sp³-hybridized carbons (Fsp3) is 0.158. The predicted molar refractivity (Wildman–Crippen MR) is 95.3 cm³/mol. The van der Waals surface area contributed by atoms with Crippen LogP contribution in [0.4, 0.5) is 4.39 Å². The molecule has 4 rings (SSSR count). The fourth-order valence-electron chi connectivity index (χ4n) is 3.11. The third kappa shape index (κ3) is 3.36. The summed E-state index contributed by atoms with van der Waals surface area (Å²) in [6, 6.07) is 14.7. The standard InChI is InChI=1S/C19H16FN3O2S/c20-14-3-1-2-13(10-14)18-8-9-22-19(23-18)17-11-16(17)12-4-6-15(7-5-12)26(21,24)25/h1-10,16-17H,11H2,(H2,21,24,25)/t16-,17+/m0/s1. The Bertz CT molecular complexity index is 1070. The number of halogens is 1. The Balaban J connectivity index is 1.56. The molecule has 1 fully saturated rings. The molecule has 0 radical (unpaired) electrons. The zero-order chi connectivity index (χ0) is 18.3. The number of rotatable bonds is 4. The maximum absolute atomic E-state index is 13.4. The third-order valence-electron chi connectivity index (χ3n) is 4.55. The van der Waals surface area contributed by atoms with E-state index in [0.717, 1.165) is 12.0 Å². The number of hydrogen-bond acceptors (Lipinski definition) is 4. The lowest BCUT2D eigenvalue weighted by molar-refractivity contribution is 0.597. The van der Waals surface area contributed by atoms with Crippen molar-refractivity contribution >= 4 is 10.0 Å². The monoisotopic (exact) mass is 369 g/mol. The lowest BCUT2D eigenvalue weighted by Crippen LogP contribution is -2.11. The van der Waals surface area contributed by atoms with Crippen molar-refractivity contribution in [2.75, 3.05) is 0 Å². The van der Waals surface area contributed by atoms with Crippen LogP contribution in [0.3, 0.4) is 0 Å².